The Hall–Kier alpha value is -1.39. The number of nitrogens with zero attached hydrogens (tertiary/aromatic N) is 3. The first-order valence-corrected chi connectivity index (χ1v) is 8.70. The molecular formula is C12H11BrF2N4O2S. The smallest absolute Gasteiger partial charge is 0.244 e. The molecule has 0 saturated heterocycles. The molecule has 0 unspecified atom stereocenters. The van der Waals surface area contributed by atoms with Crippen LogP contribution < -0.4 is 4.72 Å². The maximum atomic E-state index is 13.9. The molecular weight excluding hydrogens is 382 g/mol. The maximum Gasteiger partial charge on any atom is 0.244 e. The Morgan fingerprint density at radius 2 is 2.09 bits per heavy atom. The van der Waals surface area contributed by atoms with Gasteiger partial charge in [0, 0.05) is 6.54 Å². The fraction of sp³-hybridized carbons (Fsp3) is 0.333. The van der Waals surface area contributed by atoms with Crippen molar-refractivity contribution in [3.8, 4) is 0 Å². The van der Waals surface area contributed by atoms with Gasteiger partial charge in [-0.1, -0.05) is 0 Å². The van der Waals surface area contributed by atoms with Gasteiger partial charge in [-0.3, -0.25) is 0 Å². The van der Waals surface area contributed by atoms with Crippen LogP contribution in [0.3, 0.4) is 0 Å². The van der Waals surface area contributed by atoms with Gasteiger partial charge in [-0.15, -0.1) is 0 Å². The molecule has 0 fully saturated rings. The standard InChI is InChI=1S/C12H11BrF2N4O2S/c13-7-4-9(15)11(5-8(7)14)22(20,21)18-10-2-1-3-19-12(10)16-6-17-19/h4-6,10,18H,1-3H2/t10-/m0/s1. The zero-order chi connectivity index (χ0) is 15.9. The van der Waals surface area contributed by atoms with Gasteiger partial charge in [0.1, 0.15) is 28.7 Å². The summed E-state index contributed by atoms with van der Waals surface area (Å²) in [5.74, 6) is -1.42. The van der Waals surface area contributed by atoms with Gasteiger partial charge >= 0.3 is 0 Å². The molecule has 10 heteroatoms. The van der Waals surface area contributed by atoms with Gasteiger partial charge in [0.2, 0.25) is 10.0 Å². The number of hydrogen-bond acceptors (Lipinski definition) is 4. The number of halogens is 3. The monoisotopic (exact) mass is 392 g/mol. The zero-order valence-electron chi connectivity index (χ0n) is 11.1. The first kappa shape index (κ1) is 15.5. The summed E-state index contributed by atoms with van der Waals surface area (Å²) in [6.45, 7) is 0.648. The minimum atomic E-state index is -4.22. The number of hydrogen-bond donors (Lipinski definition) is 1. The third-order valence-corrected chi connectivity index (χ3v) is 5.48. The van der Waals surface area contributed by atoms with Crippen LogP contribution in [0.2, 0.25) is 0 Å². The maximum absolute atomic E-state index is 13.9. The van der Waals surface area contributed by atoms with Crippen molar-refractivity contribution in [3.05, 3.63) is 40.4 Å². The minimum absolute atomic E-state index is 0.138. The summed E-state index contributed by atoms with van der Waals surface area (Å²) < 4.78 is 55.9. The second kappa shape index (κ2) is 5.67. The molecule has 0 saturated carbocycles. The van der Waals surface area contributed by atoms with Crippen molar-refractivity contribution in [2.75, 3.05) is 0 Å². The summed E-state index contributed by atoms with van der Waals surface area (Å²) in [5.41, 5.74) is 0. The number of benzene rings is 1. The van der Waals surface area contributed by atoms with Crippen LogP contribution in [0.4, 0.5) is 8.78 Å². The van der Waals surface area contributed by atoms with E-state index < -0.39 is 32.6 Å². The largest absolute Gasteiger partial charge is 0.248 e. The Labute approximate surface area is 133 Å². The summed E-state index contributed by atoms with van der Waals surface area (Å²) >= 11 is 2.81. The van der Waals surface area contributed by atoms with Gasteiger partial charge in [-0.25, -0.2) is 31.6 Å². The quantitative estimate of drug-likeness (QED) is 0.811. The average molecular weight is 393 g/mol. The topological polar surface area (TPSA) is 76.9 Å². The number of rotatable bonds is 3. The van der Waals surface area contributed by atoms with E-state index in [1.807, 2.05) is 0 Å². The number of nitrogens with one attached hydrogen (secondary N) is 1. The van der Waals surface area contributed by atoms with Crippen molar-refractivity contribution in [3.63, 3.8) is 0 Å². The van der Waals surface area contributed by atoms with Gasteiger partial charge in [-0.2, -0.15) is 5.10 Å². The molecule has 22 heavy (non-hydrogen) atoms. The summed E-state index contributed by atoms with van der Waals surface area (Å²) in [6, 6.07) is 0.815. The van der Waals surface area contributed by atoms with Crippen molar-refractivity contribution < 1.29 is 17.2 Å². The van der Waals surface area contributed by atoms with Crippen molar-refractivity contribution >= 4 is 26.0 Å². The van der Waals surface area contributed by atoms with Gasteiger partial charge in [0.05, 0.1) is 10.5 Å². The van der Waals surface area contributed by atoms with Crippen LogP contribution in [0.15, 0.2) is 27.8 Å². The molecule has 1 aliphatic rings. The fourth-order valence-electron chi connectivity index (χ4n) is 2.36. The van der Waals surface area contributed by atoms with E-state index in [2.05, 4.69) is 30.7 Å². The fourth-order valence-corrected chi connectivity index (χ4v) is 3.98. The molecule has 0 aliphatic carbocycles. The number of fused-ring (bicyclic) bond motifs is 1. The van der Waals surface area contributed by atoms with Gasteiger partial charge < -0.3 is 0 Å². The van der Waals surface area contributed by atoms with Crippen LogP contribution in [-0.4, -0.2) is 23.2 Å². The third kappa shape index (κ3) is 2.77. The summed E-state index contributed by atoms with van der Waals surface area (Å²) in [7, 11) is -4.22. The molecule has 0 radical (unpaired) electrons. The highest BCUT2D eigenvalue weighted by atomic mass is 79.9. The Morgan fingerprint density at radius 1 is 1.32 bits per heavy atom. The first-order valence-electron chi connectivity index (χ1n) is 6.43. The molecule has 0 spiro atoms. The lowest BCUT2D eigenvalue weighted by atomic mass is 10.1. The number of sulfonamides is 1. The highest BCUT2D eigenvalue weighted by Gasteiger charge is 2.29. The third-order valence-electron chi connectivity index (χ3n) is 3.38. The van der Waals surface area contributed by atoms with E-state index in [-0.39, 0.29) is 4.47 Å². The number of aryl methyl sites for hydroxylation is 1. The molecule has 2 aromatic rings. The summed E-state index contributed by atoms with van der Waals surface area (Å²) in [5, 5.41) is 3.98. The van der Waals surface area contributed by atoms with Crippen LogP contribution in [0.25, 0.3) is 0 Å². The lowest BCUT2D eigenvalue weighted by molar-refractivity contribution is 0.399. The highest BCUT2D eigenvalue weighted by Crippen LogP contribution is 2.27. The predicted octanol–water partition coefficient (Wildman–Crippen LogP) is 2.13. The Balaban J connectivity index is 1.94. The molecule has 1 aliphatic heterocycles. The normalized spacial score (nSPS) is 18.2. The van der Waals surface area contributed by atoms with E-state index in [0.29, 0.717) is 31.3 Å². The SMILES string of the molecule is O=S(=O)(N[C@H]1CCCn2ncnc21)c1cc(F)c(Br)cc1F. The minimum Gasteiger partial charge on any atom is -0.248 e. The van der Waals surface area contributed by atoms with Crippen molar-refractivity contribution in [2.45, 2.75) is 30.3 Å². The Kier molecular flexibility index (Phi) is 4.00. The van der Waals surface area contributed by atoms with Crippen LogP contribution in [0.1, 0.15) is 24.7 Å². The van der Waals surface area contributed by atoms with E-state index in [4.69, 9.17) is 0 Å². The second-order valence-corrected chi connectivity index (χ2v) is 7.39. The Bertz CT molecular complexity index is 825. The van der Waals surface area contributed by atoms with Gasteiger partial charge in [0.25, 0.3) is 0 Å². The van der Waals surface area contributed by atoms with Crippen LogP contribution in [-0.2, 0) is 16.6 Å². The van der Waals surface area contributed by atoms with E-state index >= 15 is 0 Å². The lowest BCUT2D eigenvalue weighted by Gasteiger charge is -2.23. The molecule has 1 aromatic carbocycles. The van der Waals surface area contributed by atoms with Crippen molar-refractivity contribution in [1.29, 1.82) is 0 Å². The lowest BCUT2D eigenvalue weighted by Crippen LogP contribution is -2.33. The average Bonchev–Trinajstić information content (AvgIpc) is 2.92. The van der Waals surface area contributed by atoms with Gasteiger partial charge in [0.15, 0.2) is 0 Å². The van der Waals surface area contributed by atoms with E-state index in [9.17, 15) is 17.2 Å². The molecule has 1 N–H and O–H groups in total. The molecule has 118 valence electrons. The molecule has 0 amide bonds. The molecule has 3 rings (SSSR count). The van der Waals surface area contributed by atoms with Crippen LogP contribution >= 0.6 is 15.9 Å². The molecule has 1 aromatic heterocycles. The van der Waals surface area contributed by atoms with E-state index in [0.717, 1.165) is 6.07 Å². The van der Waals surface area contributed by atoms with E-state index in [1.165, 1.54) is 6.33 Å². The van der Waals surface area contributed by atoms with Gasteiger partial charge in [-0.05, 0) is 40.9 Å². The predicted molar refractivity (Wildman–Crippen MR) is 76.4 cm³/mol. The highest BCUT2D eigenvalue weighted by molar-refractivity contribution is 9.10. The molecule has 1 atom stereocenters. The van der Waals surface area contributed by atoms with Crippen molar-refractivity contribution in [2.24, 2.45) is 0 Å². The van der Waals surface area contributed by atoms with Crippen LogP contribution in [0.5, 0.6) is 0 Å². The zero-order valence-corrected chi connectivity index (χ0v) is 13.5. The molecule has 6 nitrogen and oxygen atoms in total. The van der Waals surface area contributed by atoms with Crippen molar-refractivity contribution in [1.82, 2.24) is 19.5 Å². The second-order valence-electron chi connectivity index (χ2n) is 4.85. The van der Waals surface area contributed by atoms with Crippen LogP contribution in [0, 0.1) is 11.6 Å². The molecule has 0 bridgehead atoms. The Morgan fingerprint density at radius 3 is 2.86 bits per heavy atom. The first-order chi connectivity index (χ1) is 10.4. The summed E-state index contributed by atoms with van der Waals surface area (Å²) in [6.07, 6.45) is 2.56. The number of aromatic nitrogens is 3. The summed E-state index contributed by atoms with van der Waals surface area (Å²) in [4.78, 5) is 3.29. The molecule has 2 heterocycles. The van der Waals surface area contributed by atoms with E-state index in [1.54, 1.807) is 4.68 Å².